The number of aromatic nitrogens is 2. The summed E-state index contributed by atoms with van der Waals surface area (Å²) in [6.45, 7) is 0. The summed E-state index contributed by atoms with van der Waals surface area (Å²) in [5.74, 6) is 0. The van der Waals surface area contributed by atoms with Gasteiger partial charge >= 0.3 is 0 Å². The molecule has 0 bridgehead atoms. The molecule has 0 aliphatic heterocycles. The van der Waals surface area contributed by atoms with Gasteiger partial charge in [0.15, 0.2) is 0 Å². The molecule has 0 saturated heterocycles. The zero-order valence-corrected chi connectivity index (χ0v) is 24.6. The Balaban J connectivity index is 1.19. The number of allylic oxidation sites excluding steroid dienone is 8. The Labute approximate surface area is 257 Å². The molecule has 44 heavy (non-hydrogen) atoms. The molecule has 0 spiro atoms. The van der Waals surface area contributed by atoms with E-state index in [1.807, 2.05) is 0 Å². The van der Waals surface area contributed by atoms with Crippen molar-refractivity contribution in [1.82, 2.24) is 9.13 Å². The lowest BCUT2D eigenvalue weighted by atomic mass is 9.97. The zero-order chi connectivity index (χ0) is 29.0. The van der Waals surface area contributed by atoms with Crippen LogP contribution >= 0.6 is 0 Å². The number of benzene rings is 5. The van der Waals surface area contributed by atoms with Gasteiger partial charge in [0.1, 0.15) is 0 Å². The fraction of sp³-hybridized carbons (Fsp3) is 0.0952. The first-order valence-corrected chi connectivity index (χ1v) is 15.7. The van der Waals surface area contributed by atoms with E-state index in [0.29, 0.717) is 0 Å². The molecule has 2 nitrogen and oxygen atoms in total. The molecule has 5 aromatic carbocycles. The van der Waals surface area contributed by atoms with Crippen molar-refractivity contribution in [1.29, 1.82) is 0 Å². The predicted octanol–water partition coefficient (Wildman–Crippen LogP) is 11.5. The van der Waals surface area contributed by atoms with Crippen LogP contribution in [0.5, 0.6) is 0 Å². The Morgan fingerprint density at radius 2 is 0.977 bits per heavy atom. The Hall–Kier alpha value is -5.34. The molecular formula is C42H32N2. The van der Waals surface area contributed by atoms with Gasteiger partial charge in [-0.25, -0.2) is 0 Å². The standard InChI is InChI=1S/C42H32N2/c1-3-11-29(12-4-1)30-19-23-34(24-20-30)44-40-18-10-8-16-36(40)38-28-32(22-26-42(38)44)31-21-25-41-37(27-31)35-15-7-9-17-39(35)43(41)33-13-5-2-6-14-33/h1-3,5,7-11,13,15-28H,4,6,12,14H2. The number of fused-ring (bicyclic) bond motifs is 6. The van der Waals surface area contributed by atoms with Gasteiger partial charge in [-0.05, 0) is 103 Å². The van der Waals surface area contributed by atoms with Crippen LogP contribution in [0.2, 0.25) is 0 Å². The molecule has 0 N–H and O–H groups in total. The Morgan fingerprint density at radius 1 is 0.432 bits per heavy atom. The lowest BCUT2D eigenvalue weighted by molar-refractivity contribution is 0.979. The third kappa shape index (κ3) is 3.95. The van der Waals surface area contributed by atoms with E-state index in [-0.39, 0.29) is 0 Å². The average molecular weight is 565 g/mol. The molecule has 2 heteroatoms. The Morgan fingerprint density at radius 3 is 1.59 bits per heavy atom. The van der Waals surface area contributed by atoms with Crippen molar-refractivity contribution in [3.8, 4) is 16.8 Å². The molecule has 2 heterocycles. The summed E-state index contributed by atoms with van der Waals surface area (Å²) in [5.41, 5.74) is 12.8. The van der Waals surface area contributed by atoms with E-state index < -0.39 is 0 Å². The Kier molecular flexibility index (Phi) is 5.80. The van der Waals surface area contributed by atoms with Crippen LogP contribution in [0.25, 0.3) is 71.7 Å². The highest BCUT2D eigenvalue weighted by molar-refractivity contribution is 6.13. The topological polar surface area (TPSA) is 9.86 Å². The maximum atomic E-state index is 2.46. The first kappa shape index (κ1) is 25.2. The van der Waals surface area contributed by atoms with Gasteiger partial charge in [-0.3, -0.25) is 0 Å². The maximum Gasteiger partial charge on any atom is 0.0541 e. The van der Waals surface area contributed by atoms with E-state index in [1.165, 1.54) is 77.3 Å². The van der Waals surface area contributed by atoms with Crippen LogP contribution in [-0.4, -0.2) is 9.13 Å². The van der Waals surface area contributed by atoms with E-state index in [0.717, 1.165) is 25.7 Å². The third-order valence-corrected chi connectivity index (χ3v) is 9.47. The van der Waals surface area contributed by atoms with Crippen molar-refractivity contribution in [2.24, 2.45) is 0 Å². The number of nitrogens with zero attached hydrogens (tertiary/aromatic N) is 2. The summed E-state index contributed by atoms with van der Waals surface area (Å²) < 4.78 is 4.87. The number of hydrogen-bond donors (Lipinski definition) is 0. The zero-order valence-electron chi connectivity index (χ0n) is 24.6. The second-order valence-electron chi connectivity index (χ2n) is 12.0. The van der Waals surface area contributed by atoms with Crippen LogP contribution in [0.4, 0.5) is 0 Å². The summed E-state index contributed by atoms with van der Waals surface area (Å²) >= 11 is 0. The van der Waals surface area contributed by atoms with Gasteiger partial charge in [0.2, 0.25) is 0 Å². The molecular weight excluding hydrogens is 532 g/mol. The van der Waals surface area contributed by atoms with Crippen LogP contribution in [0.3, 0.4) is 0 Å². The maximum absolute atomic E-state index is 2.46. The third-order valence-electron chi connectivity index (χ3n) is 9.47. The number of para-hydroxylation sites is 2. The highest BCUT2D eigenvalue weighted by atomic mass is 15.0. The number of rotatable bonds is 4. The average Bonchev–Trinajstić information content (AvgIpc) is 3.61. The molecule has 2 aliphatic rings. The summed E-state index contributed by atoms with van der Waals surface area (Å²) in [6, 6.07) is 40.7. The van der Waals surface area contributed by atoms with Crippen molar-refractivity contribution >= 4 is 54.9 Å². The lowest BCUT2D eigenvalue weighted by Crippen LogP contribution is -1.98. The summed E-state index contributed by atoms with van der Waals surface area (Å²) in [7, 11) is 0. The van der Waals surface area contributed by atoms with Gasteiger partial charge in [-0.2, -0.15) is 0 Å². The molecule has 9 rings (SSSR count). The van der Waals surface area contributed by atoms with E-state index >= 15 is 0 Å². The highest BCUT2D eigenvalue weighted by Gasteiger charge is 2.17. The molecule has 7 aromatic rings. The minimum Gasteiger partial charge on any atom is -0.313 e. The molecule has 2 aliphatic carbocycles. The molecule has 0 radical (unpaired) electrons. The molecule has 0 amide bonds. The molecule has 0 atom stereocenters. The van der Waals surface area contributed by atoms with Gasteiger partial charge in [0.05, 0.1) is 22.1 Å². The van der Waals surface area contributed by atoms with Gasteiger partial charge in [-0.15, -0.1) is 0 Å². The second kappa shape index (κ2) is 10.1. The fourth-order valence-corrected chi connectivity index (χ4v) is 7.34. The summed E-state index contributed by atoms with van der Waals surface area (Å²) in [6.07, 6.45) is 17.8. The molecule has 210 valence electrons. The molecule has 0 saturated carbocycles. The van der Waals surface area contributed by atoms with Crippen LogP contribution in [-0.2, 0) is 0 Å². The second-order valence-corrected chi connectivity index (χ2v) is 12.0. The van der Waals surface area contributed by atoms with E-state index in [9.17, 15) is 0 Å². The SMILES string of the molecule is C1=CCCC(c2ccc(-n3c4ccccc4c4cc(-c5ccc6c(c5)c5ccccc5n6C5=CC=CCC5)ccc43)cc2)=C1. The van der Waals surface area contributed by atoms with E-state index in [2.05, 4.69) is 155 Å². The first-order chi connectivity index (χ1) is 21.8. The van der Waals surface area contributed by atoms with Crippen molar-refractivity contribution in [3.63, 3.8) is 0 Å². The molecule has 0 fully saturated rings. The minimum absolute atomic E-state index is 1.06. The first-order valence-electron chi connectivity index (χ1n) is 15.7. The van der Waals surface area contributed by atoms with Gasteiger partial charge in [-0.1, -0.05) is 91.0 Å². The van der Waals surface area contributed by atoms with Crippen LogP contribution < -0.4 is 0 Å². The smallest absolute Gasteiger partial charge is 0.0541 e. The van der Waals surface area contributed by atoms with Crippen molar-refractivity contribution in [3.05, 3.63) is 151 Å². The Bertz CT molecular complexity index is 2370. The highest BCUT2D eigenvalue weighted by Crippen LogP contribution is 2.39. The van der Waals surface area contributed by atoms with Crippen molar-refractivity contribution in [2.45, 2.75) is 25.7 Å². The van der Waals surface area contributed by atoms with Crippen LogP contribution in [0, 0.1) is 0 Å². The fourth-order valence-electron chi connectivity index (χ4n) is 7.34. The monoisotopic (exact) mass is 564 g/mol. The normalized spacial score (nSPS) is 15.0. The quantitative estimate of drug-likeness (QED) is 0.201. The molecule has 0 unspecified atom stereocenters. The van der Waals surface area contributed by atoms with E-state index in [1.54, 1.807) is 0 Å². The van der Waals surface area contributed by atoms with Crippen molar-refractivity contribution < 1.29 is 0 Å². The molecule has 2 aromatic heterocycles. The van der Waals surface area contributed by atoms with Crippen LogP contribution in [0.15, 0.2) is 146 Å². The minimum atomic E-state index is 1.06. The lowest BCUT2D eigenvalue weighted by Gasteiger charge is -2.14. The van der Waals surface area contributed by atoms with Gasteiger partial charge in [0.25, 0.3) is 0 Å². The summed E-state index contributed by atoms with van der Waals surface area (Å²) in [4.78, 5) is 0. The largest absolute Gasteiger partial charge is 0.313 e. The predicted molar refractivity (Wildman–Crippen MR) is 188 cm³/mol. The van der Waals surface area contributed by atoms with Crippen molar-refractivity contribution in [2.75, 3.05) is 0 Å². The van der Waals surface area contributed by atoms with Crippen LogP contribution in [0.1, 0.15) is 31.2 Å². The van der Waals surface area contributed by atoms with E-state index in [4.69, 9.17) is 0 Å². The van der Waals surface area contributed by atoms with Gasteiger partial charge in [0, 0.05) is 32.9 Å². The summed E-state index contributed by atoms with van der Waals surface area (Å²) in [5, 5.41) is 5.17. The van der Waals surface area contributed by atoms with Gasteiger partial charge < -0.3 is 9.13 Å². The number of hydrogen-bond acceptors (Lipinski definition) is 0.